The molecule has 4 aromatic rings. The molecule has 0 radical (unpaired) electrons. The van der Waals surface area contributed by atoms with Gasteiger partial charge in [-0.1, -0.05) is 48.5 Å². The second-order valence-electron chi connectivity index (χ2n) is 7.63. The summed E-state index contributed by atoms with van der Waals surface area (Å²) in [5, 5.41) is 15.5. The van der Waals surface area contributed by atoms with E-state index in [1.807, 2.05) is 60.7 Å². The topological polar surface area (TPSA) is 135 Å². The van der Waals surface area contributed by atoms with Gasteiger partial charge in [-0.25, -0.2) is 9.67 Å². The lowest BCUT2D eigenvalue weighted by atomic mass is 10.1. The number of anilines is 1. The lowest BCUT2D eigenvalue weighted by Crippen LogP contribution is -2.42. The van der Waals surface area contributed by atoms with Gasteiger partial charge in [0.15, 0.2) is 5.82 Å². The maximum Gasteiger partial charge on any atom is 0.309 e. The number of nitrogens with zero attached hydrogens (tertiary/aromatic N) is 5. The summed E-state index contributed by atoms with van der Waals surface area (Å²) in [4.78, 5) is 42.2. The zero-order valence-electron chi connectivity index (χ0n) is 18.9. The first-order valence-corrected chi connectivity index (χ1v) is 10.5. The van der Waals surface area contributed by atoms with Crippen LogP contribution in [0.1, 0.15) is 21.0 Å². The molecule has 2 N–H and O–H groups in total. The average Bonchev–Trinajstić information content (AvgIpc) is 3.33. The minimum absolute atomic E-state index is 0.0252. The highest BCUT2D eigenvalue weighted by atomic mass is 16.6. The quantitative estimate of drug-likeness (QED) is 0.326. The number of nitrogens with one attached hydrogen (secondary N) is 2. The molecule has 0 atom stereocenters. The fraction of sp³-hybridized carbons (Fsp3) is 0.0833. The number of nitro benzene ring substituents is 1. The first-order valence-electron chi connectivity index (χ1n) is 10.5. The van der Waals surface area contributed by atoms with Crippen molar-refractivity contribution in [2.75, 3.05) is 19.0 Å². The van der Waals surface area contributed by atoms with Gasteiger partial charge in [0.25, 0.3) is 11.6 Å². The molecule has 4 rings (SSSR count). The molecule has 0 aliphatic rings. The molecule has 11 nitrogen and oxygen atoms in total. The molecule has 0 saturated heterocycles. The predicted molar refractivity (Wildman–Crippen MR) is 129 cm³/mol. The molecule has 0 saturated carbocycles. The molecular weight excluding hydrogens is 450 g/mol. The van der Waals surface area contributed by atoms with Crippen LogP contribution < -0.4 is 15.8 Å². The third-order valence-electron chi connectivity index (χ3n) is 5.05. The standard InChI is InChI=1S/C24H21N7O4/c1-29(2)20-14-13-18(31(34)35)15-19(20)23(32)26-27-24(33)21-25-22(16-9-5-3-6-10-16)30(28-21)17-11-7-4-8-12-17/h3-15H,1-2H3,(H,26,32)(H,27,33). The minimum atomic E-state index is -0.748. The lowest BCUT2D eigenvalue weighted by molar-refractivity contribution is -0.384. The Kier molecular flexibility index (Phi) is 6.49. The van der Waals surface area contributed by atoms with Gasteiger partial charge in [-0.15, -0.1) is 5.10 Å². The van der Waals surface area contributed by atoms with Gasteiger partial charge in [0, 0.05) is 37.5 Å². The molecule has 176 valence electrons. The van der Waals surface area contributed by atoms with Crippen LogP contribution in [0.25, 0.3) is 17.1 Å². The molecule has 0 bridgehead atoms. The number of non-ortho nitro benzene ring substituents is 1. The van der Waals surface area contributed by atoms with Gasteiger partial charge in [-0.3, -0.25) is 30.6 Å². The fourth-order valence-corrected chi connectivity index (χ4v) is 3.38. The molecule has 0 aliphatic carbocycles. The van der Waals surface area contributed by atoms with Gasteiger partial charge in [-0.2, -0.15) is 0 Å². The lowest BCUT2D eigenvalue weighted by Gasteiger charge is -2.16. The zero-order chi connectivity index (χ0) is 24.9. The minimum Gasteiger partial charge on any atom is -0.377 e. The van der Waals surface area contributed by atoms with Crippen molar-refractivity contribution < 1.29 is 14.5 Å². The van der Waals surface area contributed by atoms with E-state index >= 15 is 0 Å². The van der Waals surface area contributed by atoms with Gasteiger partial charge in [0.1, 0.15) is 0 Å². The molecule has 1 aromatic heterocycles. The molecule has 1 heterocycles. The van der Waals surface area contributed by atoms with Crippen LogP contribution >= 0.6 is 0 Å². The van der Waals surface area contributed by atoms with E-state index in [1.165, 1.54) is 16.8 Å². The molecule has 0 unspecified atom stereocenters. The number of rotatable bonds is 6. The van der Waals surface area contributed by atoms with Gasteiger partial charge < -0.3 is 4.90 Å². The van der Waals surface area contributed by atoms with E-state index in [-0.39, 0.29) is 17.1 Å². The largest absolute Gasteiger partial charge is 0.377 e. The van der Waals surface area contributed by atoms with Crippen LogP contribution in [0.5, 0.6) is 0 Å². The number of aromatic nitrogens is 3. The Morgan fingerprint density at radius 2 is 1.54 bits per heavy atom. The summed E-state index contributed by atoms with van der Waals surface area (Å²) in [5.74, 6) is -1.19. The molecule has 35 heavy (non-hydrogen) atoms. The van der Waals surface area contributed by atoms with Crippen molar-refractivity contribution in [3.8, 4) is 17.1 Å². The Morgan fingerprint density at radius 3 is 2.17 bits per heavy atom. The molecular formula is C24H21N7O4. The van der Waals surface area contributed by atoms with Gasteiger partial charge in [0.2, 0.25) is 5.82 Å². The maximum absolute atomic E-state index is 12.8. The fourth-order valence-electron chi connectivity index (χ4n) is 3.38. The average molecular weight is 471 g/mol. The van der Waals surface area contributed by atoms with Crippen molar-refractivity contribution in [3.05, 3.63) is 100 Å². The van der Waals surface area contributed by atoms with Crippen LogP contribution in [0.4, 0.5) is 11.4 Å². The number of para-hydroxylation sites is 1. The molecule has 3 aromatic carbocycles. The van der Waals surface area contributed by atoms with Crippen molar-refractivity contribution in [1.29, 1.82) is 0 Å². The van der Waals surface area contributed by atoms with Gasteiger partial charge in [-0.05, 0) is 18.2 Å². The number of carbonyl (C=O) groups is 2. The summed E-state index contributed by atoms with van der Waals surface area (Å²) in [7, 11) is 3.39. The van der Waals surface area contributed by atoms with Gasteiger partial charge in [0.05, 0.1) is 16.2 Å². The number of hydrogen-bond donors (Lipinski definition) is 2. The number of benzene rings is 3. The van der Waals surface area contributed by atoms with E-state index in [1.54, 1.807) is 19.0 Å². The smallest absolute Gasteiger partial charge is 0.309 e. The van der Waals surface area contributed by atoms with E-state index in [0.29, 0.717) is 17.2 Å². The molecule has 2 amide bonds. The number of nitro groups is 1. The number of carbonyl (C=O) groups excluding carboxylic acids is 2. The first-order chi connectivity index (χ1) is 16.8. The Morgan fingerprint density at radius 1 is 0.914 bits per heavy atom. The van der Waals surface area contributed by atoms with Crippen molar-refractivity contribution in [1.82, 2.24) is 25.6 Å². The summed E-state index contributed by atoms with van der Waals surface area (Å²) in [6.45, 7) is 0. The van der Waals surface area contributed by atoms with Crippen molar-refractivity contribution in [2.45, 2.75) is 0 Å². The highest BCUT2D eigenvalue weighted by Gasteiger charge is 2.21. The van der Waals surface area contributed by atoms with Crippen LogP contribution in [-0.2, 0) is 0 Å². The van der Waals surface area contributed by atoms with E-state index in [4.69, 9.17) is 0 Å². The third kappa shape index (κ3) is 4.98. The number of amides is 2. The molecule has 0 fully saturated rings. The van der Waals surface area contributed by atoms with Crippen LogP contribution in [0.3, 0.4) is 0 Å². The monoisotopic (exact) mass is 471 g/mol. The molecule has 0 aliphatic heterocycles. The highest BCUT2D eigenvalue weighted by molar-refractivity contribution is 6.02. The maximum atomic E-state index is 12.8. The van der Waals surface area contributed by atoms with E-state index in [9.17, 15) is 19.7 Å². The predicted octanol–water partition coefficient (Wildman–Crippen LogP) is 2.98. The van der Waals surface area contributed by atoms with Crippen LogP contribution in [0.15, 0.2) is 78.9 Å². The van der Waals surface area contributed by atoms with Crippen LogP contribution in [-0.4, -0.2) is 45.6 Å². The van der Waals surface area contributed by atoms with E-state index < -0.39 is 16.7 Å². The Hall–Kier alpha value is -5.06. The van der Waals surface area contributed by atoms with Gasteiger partial charge >= 0.3 is 5.91 Å². The Labute approximate surface area is 200 Å². The van der Waals surface area contributed by atoms with Crippen molar-refractivity contribution in [3.63, 3.8) is 0 Å². The molecule has 0 spiro atoms. The summed E-state index contributed by atoms with van der Waals surface area (Å²) in [6.07, 6.45) is 0. The van der Waals surface area contributed by atoms with E-state index in [0.717, 1.165) is 11.6 Å². The second-order valence-corrected chi connectivity index (χ2v) is 7.63. The van der Waals surface area contributed by atoms with Crippen molar-refractivity contribution >= 4 is 23.2 Å². The summed E-state index contributed by atoms with van der Waals surface area (Å²) >= 11 is 0. The first kappa shape index (κ1) is 23.1. The van der Waals surface area contributed by atoms with Crippen LogP contribution in [0.2, 0.25) is 0 Å². The zero-order valence-corrected chi connectivity index (χ0v) is 18.9. The van der Waals surface area contributed by atoms with Crippen LogP contribution in [0, 0.1) is 10.1 Å². The molecule has 11 heteroatoms. The summed E-state index contributed by atoms with van der Waals surface area (Å²) in [5.41, 5.74) is 6.25. The SMILES string of the molecule is CN(C)c1ccc([N+](=O)[O-])cc1C(=O)NNC(=O)c1nc(-c2ccccc2)n(-c2ccccc2)n1. The Balaban J connectivity index is 1.60. The third-order valence-corrected chi connectivity index (χ3v) is 5.05. The number of hydrazine groups is 1. The summed E-state index contributed by atoms with van der Waals surface area (Å²) in [6, 6.07) is 22.4. The van der Waals surface area contributed by atoms with E-state index in [2.05, 4.69) is 20.9 Å². The normalized spacial score (nSPS) is 10.5. The van der Waals surface area contributed by atoms with Crippen molar-refractivity contribution in [2.24, 2.45) is 0 Å². The number of hydrogen-bond acceptors (Lipinski definition) is 7. The second kappa shape index (κ2) is 9.83. The summed E-state index contributed by atoms with van der Waals surface area (Å²) < 4.78 is 1.54. The Bertz CT molecular complexity index is 1330. The highest BCUT2D eigenvalue weighted by Crippen LogP contribution is 2.24.